The van der Waals surface area contributed by atoms with E-state index in [1.54, 1.807) is 24.3 Å². The number of nitrogens with zero attached hydrogens (tertiary/aromatic N) is 2. The van der Waals surface area contributed by atoms with Crippen LogP contribution >= 0.6 is 0 Å². The van der Waals surface area contributed by atoms with Crippen LogP contribution in [-0.4, -0.2) is 17.9 Å². The summed E-state index contributed by atoms with van der Waals surface area (Å²) in [4.78, 5) is 33.4. The van der Waals surface area contributed by atoms with Gasteiger partial charge in [-0.05, 0) is 54.1 Å². The van der Waals surface area contributed by atoms with E-state index >= 15 is 0 Å². The molecule has 2 fully saturated rings. The summed E-state index contributed by atoms with van der Waals surface area (Å²) in [5, 5.41) is 1.50. The number of carbonyl (C=O) groups is 2. The molecule has 2 amide bonds. The predicted octanol–water partition coefficient (Wildman–Crippen LogP) is 4.02. The van der Waals surface area contributed by atoms with E-state index in [9.17, 15) is 18.4 Å². The van der Waals surface area contributed by atoms with Gasteiger partial charge >= 0.3 is 0 Å². The van der Waals surface area contributed by atoms with E-state index in [4.69, 9.17) is 4.84 Å². The average molecular weight is 406 g/mol. The van der Waals surface area contributed by atoms with E-state index in [1.165, 1.54) is 41.5 Å². The first-order valence-electron chi connectivity index (χ1n) is 9.44. The van der Waals surface area contributed by atoms with Crippen LogP contribution in [0.4, 0.5) is 20.2 Å². The lowest BCUT2D eigenvalue weighted by atomic mass is 9.90. The van der Waals surface area contributed by atoms with Crippen molar-refractivity contribution in [1.82, 2.24) is 0 Å². The molecule has 0 radical (unpaired) electrons. The van der Waals surface area contributed by atoms with Crippen LogP contribution in [0, 0.1) is 17.6 Å². The van der Waals surface area contributed by atoms with Gasteiger partial charge in [-0.1, -0.05) is 30.3 Å². The van der Waals surface area contributed by atoms with Gasteiger partial charge < -0.3 is 0 Å². The van der Waals surface area contributed by atoms with E-state index in [0.29, 0.717) is 11.3 Å². The predicted molar refractivity (Wildman–Crippen MR) is 105 cm³/mol. The van der Waals surface area contributed by atoms with Crippen LogP contribution in [-0.2, 0) is 14.4 Å². The van der Waals surface area contributed by atoms with Crippen LogP contribution < -0.4 is 9.96 Å². The van der Waals surface area contributed by atoms with Gasteiger partial charge in [-0.2, -0.15) is 0 Å². The van der Waals surface area contributed by atoms with Gasteiger partial charge in [0.05, 0.1) is 17.4 Å². The summed E-state index contributed by atoms with van der Waals surface area (Å²) in [5.74, 6) is -2.79. The average Bonchev–Trinajstić information content (AvgIpc) is 3.26. The Balaban J connectivity index is 1.59. The first kappa shape index (κ1) is 18.4. The monoisotopic (exact) mass is 406 g/mol. The summed E-state index contributed by atoms with van der Waals surface area (Å²) in [5.41, 5.74) is 1.44. The van der Waals surface area contributed by atoms with Crippen molar-refractivity contribution in [2.75, 3.05) is 9.96 Å². The Labute approximate surface area is 171 Å². The second-order valence-corrected chi connectivity index (χ2v) is 7.20. The number of anilines is 2. The molecule has 0 aliphatic carbocycles. The van der Waals surface area contributed by atoms with Crippen molar-refractivity contribution < 1.29 is 23.2 Å². The van der Waals surface area contributed by atoms with Gasteiger partial charge in [0.25, 0.3) is 5.91 Å². The molecule has 3 aromatic carbocycles. The second kappa shape index (κ2) is 7.03. The number of carbonyl (C=O) groups excluding carboxylic acids is 2. The molecule has 0 bridgehead atoms. The van der Waals surface area contributed by atoms with Crippen LogP contribution in [0.25, 0.3) is 0 Å². The third-order valence-corrected chi connectivity index (χ3v) is 5.40. The molecule has 0 saturated carbocycles. The molecule has 7 heteroatoms. The lowest BCUT2D eigenvalue weighted by Crippen LogP contribution is -2.37. The molecular formula is C23H16F2N2O3. The van der Waals surface area contributed by atoms with Gasteiger partial charge in [0.2, 0.25) is 5.91 Å². The maximum absolute atomic E-state index is 14.0. The highest BCUT2D eigenvalue weighted by Gasteiger charge is 2.60. The normalized spacial score (nSPS) is 23.2. The van der Waals surface area contributed by atoms with Gasteiger partial charge in [0.1, 0.15) is 17.6 Å². The SMILES string of the molecule is O=C1[C@H]2[C@H](ON(c3ccccc3)[C@H]2c2cccc(F)c2)C(=O)N1c1ccc(F)cc1. The van der Waals surface area contributed by atoms with Gasteiger partial charge in [0.15, 0.2) is 6.10 Å². The summed E-state index contributed by atoms with van der Waals surface area (Å²) in [7, 11) is 0. The van der Waals surface area contributed by atoms with Gasteiger partial charge in [-0.15, -0.1) is 0 Å². The Morgan fingerprint density at radius 3 is 2.17 bits per heavy atom. The molecule has 3 aromatic rings. The summed E-state index contributed by atoms with van der Waals surface area (Å²) in [6.45, 7) is 0. The summed E-state index contributed by atoms with van der Waals surface area (Å²) in [6.07, 6.45) is -1.06. The van der Waals surface area contributed by atoms with Crippen molar-refractivity contribution in [2.24, 2.45) is 5.92 Å². The maximum atomic E-state index is 14.0. The van der Waals surface area contributed by atoms with Crippen LogP contribution in [0.3, 0.4) is 0 Å². The minimum absolute atomic E-state index is 0.272. The largest absolute Gasteiger partial charge is 0.273 e. The molecule has 0 spiro atoms. The van der Waals surface area contributed by atoms with E-state index in [2.05, 4.69) is 0 Å². The molecule has 0 N–H and O–H groups in total. The van der Waals surface area contributed by atoms with Crippen molar-refractivity contribution in [2.45, 2.75) is 12.1 Å². The zero-order chi connectivity index (χ0) is 20.8. The number of imide groups is 1. The molecule has 30 heavy (non-hydrogen) atoms. The smallest absolute Gasteiger partial charge is 0.266 e. The van der Waals surface area contributed by atoms with Crippen molar-refractivity contribution >= 4 is 23.2 Å². The molecule has 2 aliphatic rings. The van der Waals surface area contributed by atoms with Crippen LogP contribution in [0.1, 0.15) is 11.6 Å². The van der Waals surface area contributed by atoms with Crippen molar-refractivity contribution in [3.05, 3.63) is 96.1 Å². The molecule has 5 rings (SSSR count). The fourth-order valence-electron chi connectivity index (χ4n) is 4.09. The number of hydrogen-bond acceptors (Lipinski definition) is 4. The fraction of sp³-hybridized carbons (Fsp3) is 0.130. The number of amides is 2. The van der Waals surface area contributed by atoms with E-state index in [-0.39, 0.29) is 5.69 Å². The number of para-hydroxylation sites is 1. The summed E-state index contributed by atoms with van der Waals surface area (Å²) >= 11 is 0. The highest BCUT2D eigenvalue weighted by Crippen LogP contribution is 2.47. The standard InChI is InChI=1S/C23H16F2N2O3/c24-15-9-11-17(12-10-15)26-22(28)19-20(14-5-4-6-16(25)13-14)27(30-21(19)23(26)29)18-7-2-1-3-8-18/h1-13,19-21H/t19-,20+,21+/m1/s1. The topological polar surface area (TPSA) is 49.9 Å². The van der Waals surface area contributed by atoms with Gasteiger partial charge in [-0.3, -0.25) is 14.4 Å². The van der Waals surface area contributed by atoms with E-state index in [1.807, 2.05) is 18.2 Å². The molecule has 2 heterocycles. The van der Waals surface area contributed by atoms with Crippen molar-refractivity contribution in [1.29, 1.82) is 0 Å². The van der Waals surface area contributed by atoms with Crippen LogP contribution in [0.5, 0.6) is 0 Å². The van der Waals surface area contributed by atoms with E-state index in [0.717, 1.165) is 4.90 Å². The number of hydroxylamine groups is 1. The molecule has 0 aromatic heterocycles. The summed E-state index contributed by atoms with van der Waals surface area (Å²) in [6, 6.07) is 19.4. The van der Waals surface area contributed by atoms with Crippen molar-refractivity contribution in [3.8, 4) is 0 Å². The zero-order valence-corrected chi connectivity index (χ0v) is 15.6. The number of fused-ring (bicyclic) bond motifs is 1. The molecule has 0 unspecified atom stereocenters. The Hall–Kier alpha value is -3.58. The Morgan fingerprint density at radius 1 is 0.733 bits per heavy atom. The molecular weight excluding hydrogens is 390 g/mol. The first-order valence-corrected chi connectivity index (χ1v) is 9.44. The number of hydrogen-bond donors (Lipinski definition) is 0. The molecule has 5 nitrogen and oxygen atoms in total. The molecule has 3 atom stereocenters. The highest BCUT2D eigenvalue weighted by molar-refractivity contribution is 6.23. The second-order valence-electron chi connectivity index (χ2n) is 7.20. The van der Waals surface area contributed by atoms with Crippen LogP contribution in [0.15, 0.2) is 78.9 Å². The molecule has 2 aliphatic heterocycles. The zero-order valence-electron chi connectivity index (χ0n) is 15.6. The highest BCUT2D eigenvalue weighted by atomic mass is 19.1. The van der Waals surface area contributed by atoms with E-state index < -0.39 is 41.5 Å². The fourth-order valence-corrected chi connectivity index (χ4v) is 4.09. The number of benzene rings is 3. The number of halogens is 2. The lowest BCUT2D eigenvalue weighted by molar-refractivity contribution is -0.126. The van der Waals surface area contributed by atoms with Gasteiger partial charge in [0, 0.05) is 0 Å². The van der Waals surface area contributed by atoms with Crippen molar-refractivity contribution in [3.63, 3.8) is 0 Å². The maximum Gasteiger partial charge on any atom is 0.266 e. The third kappa shape index (κ3) is 2.86. The molecule has 150 valence electrons. The first-order chi connectivity index (χ1) is 14.5. The van der Waals surface area contributed by atoms with Crippen LogP contribution in [0.2, 0.25) is 0 Å². The number of rotatable bonds is 3. The Kier molecular flexibility index (Phi) is 4.33. The minimum atomic E-state index is -1.06. The molecule has 2 saturated heterocycles. The third-order valence-electron chi connectivity index (χ3n) is 5.40. The minimum Gasteiger partial charge on any atom is -0.273 e. The quantitative estimate of drug-likeness (QED) is 0.617. The Morgan fingerprint density at radius 2 is 1.47 bits per heavy atom. The summed E-state index contributed by atoms with van der Waals surface area (Å²) < 4.78 is 27.3. The van der Waals surface area contributed by atoms with Gasteiger partial charge in [-0.25, -0.2) is 18.7 Å². The Bertz CT molecular complexity index is 1120. The lowest BCUT2D eigenvalue weighted by Gasteiger charge is -2.28.